The fourth-order valence-corrected chi connectivity index (χ4v) is 7.81. The maximum absolute atomic E-state index is 14.2. The molecular formula is C20H16FIN4. The molecule has 1 saturated heterocycles. The van der Waals surface area contributed by atoms with E-state index in [0.717, 1.165) is 27.7 Å². The van der Waals surface area contributed by atoms with E-state index in [1.54, 1.807) is 18.2 Å². The summed E-state index contributed by atoms with van der Waals surface area (Å²) >= 11 is -1.12. The third-order valence-electron chi connectivity index (χ3n) is 4.43. The van der Waals surface area contributed by atoms with Crippen LogP contribution in [0.1, 0.15) is 0 Å². The number of aromatic nitrogens is 3. The molecular weight excluding hydrogens is 442 g/mol. The fourth-order valence-electron chi connectivity index (χ4n) is 3.13. The fraction of sp³-hybridized carbons (Fsp3) is 0.100. The summed E-state index contributed by atoms with van der Waals surface area (Å²) in [6.45, 7) is 0. The van der Waals surface area contributed by atoms with E-state index in [4.69, 9.17) is 10.7 Å². The Bertz CT molecular complexity index is 1120. The van der Waals surface area contributed by atoms with Gasteiger partial charge in [-0.1, -0.05) is 0 Å². The number of nitrogen functional groups attached to an aromatic ring is 1. The molecule has 1 fully saturated rings. The van der Waals surface area contributed by atoms with Gasteiger partial charge in [0.25, 0.3) is 0 Å². The molecule has 3 N–H and O–H groups in total. The molecule has 1 aliphatic rings. The molecule has 0 atom stereocenters. The molecule has 0 spiro atoms. The van der Waals surface area contributed by atoms with Gasteiger partial charge in [0.05, 0.1) is 0 Å². The van der Waals surface area contributed by atoms with Gasteiger partial charge in [0.1, 0.15) is 0 Å². The Morgan fingerprint density at radius 1 is 1.04 bits per heavy atom. The van der Waals surface area contributed by atoms with Crippen LogP contribution in [-0.2, 0) is 0 Å². The molecule has 3 heterocycles. The van der Waals surface area contributed by atoms with Crippen molar-refractivity contribution < 1.29 is 4.39 Å². The van der Waals surface area contributed by atoms with Crippen molar-refractivity contribution >= 4 is 36.5 Å². The number of alkyl halides is 2. The zero-order chi connectivity index (χ0) is 17.7. The van der Waals surface area contributed by atoms with Crippen molar-refractivity contribution in [2.24, 2.45) is 0 Å². The quantitative estimate of drug-likeness (QED) is 0.346. The molecule has 0 amide bonds. The second kappa shape index (κ2) is 6.05. The monoisotopic (exact) mass is 458 g/mol. The summed E-state index contributed by atoms with van der Waals surface area (Å²) in [7, 11) is 0. The Hall–Kier alpha value is -2.48. The van der Waals surface area contributed by atoms with E-state index >= 15 is 0 Å². The number of nitrogens with zero attached hydrogens (tertiary/aromatic N) is 2. The van der Waals surface area contributed by atoms with Crippen molar-refractivity contribution in [3.63, 3.8) is 0 Å². The minimum atomic E-state index is -1.12. The molecule has 26 heavy (non-hydrogen) atoms. The predicted octanol–water partition coefficient (Wildman–Crippen LogP) is 4.70. The van der Waals surface area contributed by atoms with Gasteiger partial charge < -0.3 is 0 Å². The minimum absolute atomic E-state index is 0.190. The number of anilines is 1. The summed E-state index contributed by atoms with van der Waals surface area (Å²) in [5, 5.41) is 0.841. The van der Waals surface area contributed by atoms with Crippen molar-refractivity contribution in [3.8, 4) is 22.6 Å². The zero-order valence-electron chi connectivity index (χ0n) is 13.8. The third-order valence-corrected chi connectivity index (χ3v) is 9.08. The Morgan fingerprint density at radius 2 is 1.85 bits per heavy atom. The number of hydrogen-bond donors (Lipinski definition) is 2. The Morgan fingerprint density at radius 3 is 2.62 bits per heavy atom. The summed E-state index contributed by atoms with van der Waals surface area (Å²) in [6.07, 6.45) is 1.87. The van der Waals surface area contributed by atoms with E-state index in [-0.39, 0.29) is 5.82 Å². The van der Waals surface area contributed by atoms with Crippen LogP contribution in [0.3, 0.4) is 0 Å². The van der Waals surface area contributed by atoms with Crippen LogP contribution in [0.15, 0.2) is 54.7 Å². The Balaban J connectivity index is 1.70. The average molecular weight is 458 g/mol. The molecule has 0 unspecified atom stereocenters. The molecule has 1 aliphatic heterocycles. The van der Waals surface area contributed by atoms with Crippen molar-refractivity contribution in [1.29, 1.82) is 0 Å². The van der Waals surface area contributed by atoms with E-state index in [2.05, 4.69) is 9.97 Å². The number of halogens is 2. The van der Waals surface area contributed by atoms with Gasteiger partial charge in [0.15, 0.2) is 0 Å². The standard InChI is InChI=1S/C20H16FIN4/c21-13-8-14-15(11-24-19(14)16(9-13)22-6-7-22)20-25-17(10-18(23)26-20)12-4-2-1-3-5-12/h1-5,8-11,24H,6-7H2,(H2,23,25,26). The van der Waals surface area contributed by atoms with E-state index < -0.39 is 19.8 Å². The second-order valence-corrected chi connectivity index (χ2v) is 12.1. The molecule has 130 valence electrons. The molecule has 4 aromatic rings. The number of nitrogens with two attached hydrogens (primary N) is 1. The van der Waals surface area contributed by atoms with Crippen LogP contribution >= 0.6 is 19.8 Å². The Kier molecular flexibility index (Phi) is 3.66. The van der Waals surface area contributed by atoms with Crippen LogP contribution in [0, 0.1) is 9.39 Å². The molecule has 2 aromatic carbocycles. The number of hydrogen-bond acceptors (Lipinski definition) is 3. The predicted molar refractivity (Wildman–Crippen MR) is 112 cm³/mol. The van der Waals surface area contributed by atoms with Gasteiger partial charge in [-0.05, 0) is 0 Å². The van der Waals surface area contributed by atoms with Gasteiger partial charge in [-0.2, -0.15) is 0 Å². The van der Waals surface area contributed by atoms with Gasteiger partial charge in [0.2, 0.25) is 0 Å². The van der Waals surface area contributed by atoms with Crippen molar-refractivity contribution in [3.05, 3.63) is 64.1 Å². The number of rotatable bonds is 3. The van der Waals surface area contributed by atoms with Crippen LogP contribution in [0.5, 0.6) is 0 Å². The number of benzene rings is 2. The molecule has 0 bridgehead atoms. The first-order valence-electron chi connectivity index (χ1n) is 8.32. The molecule has 6 heteroatoms. The molecule has 4 nitrogen and oxygen atoms in total. The first-order chi connectivity index (χ1) is 12.7. The Labute approximate surface area is 157 Å². The van der Waals surface area contributed by atoms with Crippen LogP contribution < -0.4 is 5.73 Å². The SMILES string of the molecule is Nc1cc(-c2ccccc2)nc(-c2c[nH]c3c(I4CC4)cc(F)cc23)n1. The third kappa shape index (κ3) is 2.74. The molecule has 0 aliphatic carbocycles. The van der Waals surface area contributed by atoms with E-state index in [1.807, 2.05) is 36.5 Å². The normalized spacial score (nSPS) is 14.7. The van der Waals surface area contributed by atoms with Gasteiger partial charge >= 0.3 is 157 Å². The van der Waals surface area contributed by atoms with Crippen LogP contribution in [-0.4, -0.2) is 23.8 Å². The van der Waals surface area contributed by atoms with Gasteiger partial charge in [-0.25, -0.2) is 0 Å². The first kappa shape index (κ1) is 15.7. The van der Waals surface area contributed by atoms with E-state index in [0.29, 0.717) is 11.6 Å². The zero-order valence-corrected chi connectivity index (χ0v) is 16.0. The molecule has 2 aromatic heterocycles. The van der Waals surface area contributed by atoms with Crippen LogP contribution in [0.2, 0.25) is 0 Å². The van der Waals surface area contributed by atoms with E-state index in [1.165, 1.54) is 12.4 Å². The summed E-state index contributed by atoms with van der Waals surface area (Å²) < 4.78 is 18.0. The van der Waals surface area contributed by atoms with Gasteiger partial charge in [-0.15, -0.1) is 0 Å². The molecule has 0 saturated carbocycles. The maximum atomic E-state index is 14.2. The van der Waals surface area contributed by atoms with E-state index in [9.17, 15) is 4.39 Å². The second-order valence-electron chi connectivity index (χ2n) is 6.21. The van der Waals surface area contributed by atoms with Crippen LogP contribution in [0.4, 0.5) is 10.2 Å². The summed E-state index contributed by atoms with van der Waals surface area (Å²) in [5.41, 5.74) is 9.60. The molecule has 5 rings (SSSR count). The van der Waals surface area contributed by atoms with Crippen LogP contribution in [0.25, 0.3) is 33.5 Å². The summed E-state index contributed by atoms with van der Waals surface area (Å²) in [4.78, 5) is 12.4. The van der Waals surface area contributed by atoms with Gasteiger partial charge in [-0.3, -0.25) is 0 Å². The van der Waals surface area contributed by atoms with Gasteiger partial charge in [0, 0.05) is 0 Å². The van der Waals surface area contributed by atoms with Crippen molar-refractivity contribution in [1.82, 2.24) is 15.0 Å². The first-order valence-corrected chi connectivity index (χ1v) is 12.4. The van der Waals surface area contributed by atoms with Crippen molar-refractivity contribution in [2.75, 3.05) is 14.6 Å². The topological polar surface area (TPSA) is 67.6 Å². The summed E-state index contributed by atoms with van der Waals surface area (Å²) in [6, 6.07) is 14.9. The van der Waals surface area contributed by atoms with Crippen molar-refractivity contribution in [2.45, 2.75) is 0 Å². The number of H-pyrrole nitrogens is 1. The number of aromatic amines is 1. The molecule has 0 radical (unpaired) electrons. The summed E-state index contributed by atoms with van der Waals surface area (Å²) in [5.74, 6) is 0.730. The number of fused-ring (bicyclic) bond motifs is 1. The number of nitrogens with one attached hydrogen (secondary N) is 1. The average Bonchev–Trinajstić information content (AvgIpc) is 3.41.